The molecule has 5 atom stereocenters. The number of aliphatic hydroxyl groups is 2. The number of unbranched alkanes of at least 4 members (excludes halogenated alkanes) is 35. The Bertz CT molecular complexity index is 2270. The fourth-order valence-electron chi connectivity index (χ4n) is 10.8. The number of hydrogen-bond acceptors (Lipinski definition) is 14. The Kier molecular flexibility index (Phi) is 73.0. The summed E-state index contributed by atoms with van der Waals surface area (Å²) in [5.74, 6) is -1.59. The molecule has 0 saturated heterocycles. The number of ether oxygens (including phenoxy) is 3. The van der Waals surface area contributed by atoms with Gasteiger partial charge in [-0.2, -0.15) is 0 Å². The summed E-state index contributed by atoms with van der Waals surface area (Å²) in [4.78, 5) is 58.7. The summed E-state index contributed by atoms with van der Waals surface area (Å²) >= 11 is 0. The number of hydrogen-bond donors (Lipinski definition) is 4. The van der Waals surface area contributed by atoms with Crippen LogP contribution in [0.2, 0.25) is 0 Å². The third kappa shape index (κ3) is 77.1. The summed E-state index contributed by atoms with van der Waals surface area (Å²) in [5.41, 5.74) is 0. The maximum atomic E-state index is 13.0. The summed E-state index contributed by atoms with van der Waals surface area (Å²) in [7, 11) is -9.79. The van der Waals surface area contributed by atoms with Crippen molar-refractivity contribution in [2.45, 2.75) is 360 Å². The van der Waals surface area contributed by atoms with E-state index in [1.165, 1.54) is 141 Å². The summed E-state index contributed by atoms with van der Waals surface area (Å²) in [5, 5.41) is 20.6. The fourth-order valence-corrected chi connectivity index (χ4v) is 12.4. The average Bonchev–Trinajstić information content (AvgIpc) is 1.19. The molecule has 584 valence electrons. The standard InChI is InChI=1S/C83H146O16P2/c1-4-7-10-13-16-19-22-25-28-30-32-34-36-38-40-42-44-46-49-51-54-57-60-63-66-69-81(86)93-72-78(84)73-95-100(89,90)96-74-79(85)75-97-101(91,92)98-77-80(99-83(88)71-68-65-62-59-56-53-48-27-24-21-18-15-12-9-6-3)76-94-82(87)70-67-64-61-58-55-52-50-47-45-43-41-39-37-35-33-31-29-26-23-20-17-14-11-8-5-2/h16-17,19-20,25-29,32-35,38-41,48,78-80,84-85H,4-15,18,21-24,30-31,36-37,42-47,49-77H2,1-3H3,(H,89,90)(H,91,92)/b19-16-,20-17-,28-25-,29-26-,34-32-,35-33-,40-38-,41-39-,48-27-. The summed E-state index contributed by atoms with van der Waals surface area (Å²) < 4.78 is 61.2. The van der Waals surface area contributed by atoms with E-state index in [1.807, 2.05) is 0 Å². The lowest BCUT2D eigenvalue weighted by Gasteiger charge is -2.21. The Morgan fingerprint density at radius 2 is 0.495 bits per heavy atom. The minimum atomic E-state index is -4.93. The molecule has 0 amide bonds. The zero-order valence-electron chi connectivity index (χ0n) is 63.8. The lowest BCUT2D eigenvalue weighted by atomic mass is 10.1. The topological polar surface area (TPSA) is 231 Å². The molecular weight excluding hydrogens is 1310 g/mol. The van der Waals surface area contributed by atoms with Crippen molar-refractivity contribution in [3.05, 3.63) is 109 Å². The molecule has 4 N–H and O–H groups in total. The van der Waals surface area contributed by atoms with Crippen LogP contribution < -0.4 is 0 Å². The molecular formula is C83H146O16P2. The molecule has 0 bridgehead atoms. The minimum absolute atomic E-state index is 0.0929. The van der Waals surface area contributed by atoms with Crippen molar-refractivity contribution in [3.63, 3.8) is 0 Å². The molecule has 101 heavy (non-hydrogen) atoms. The number of carbonyl (C=O) groups excluding carboxylic acids is 3. The fraction of sp³-hybridized carbons (Fsp3) is 0.747. The zero-order valence-corrected chi connectivity index (χ0v) is 65.6. The lowest BCUT2D eigenvalue weighted by molar-refractivity contribution is -0.161. The molecule has 0 fully saturated rings. The number of allylic oxidation sites excluding steroid dienone is 18. The van der Waals surface area contributed by atoms with Crippen LogP contribution in [0, 0.1) is 0 Å². The highest BCUT2D eigenvalue weighted by atomic mass is 31.2. The van der Waals surface area contributed by atoms with E-state index >= 15 is 0 Å². The van der Waals surface area contributed by atoms with Crippen LogP contribution in [0.1, 0.15) is 342 Å². The van der Waals surface area contributed by atoms with Crippen molar-refractivity contribution < 1.29 is 75.8 Å². The molecule has 0 saturated carbocycles. The highest BCUT2D eigenvalue weighted by Gasteiger charge is 2.29. The second-order valence-corrected chi connectivity index (χ2v) is 29.8. The van der Waals surface area contributed by atoms with Crippen LogP contribution in [0.25, 0.3) is 0 Å². The average molecular weight is 1460 g/mol. The van der Waals surface area contributed by atoms with Gasteiger partial charge in [-0.15, -0.1) is 0 Å². The second kappa shape index (κ2) is 75.9. The van der Waals surface area contributed by atoms with Gasteiger partial charge in [-0.05, 0) is 135 Å². The number of esters is 3. The van der Waals surface area contributed by atoms with Gasteiger partial charge >= 0.3 is 33.6 Å². The Hall–Kier alpha value is -3.79. The predicted molar refractivity (Wildman–Crippen MR) is 417 cm³/mol. The van der Waals surface area contributed by atoms with Gasteiger partial charge in [0.1, 0.15) is 25.4 Å². The quantitative estimate of drug-likeness (QED) is 0.0146. The molecule has 0 spiro atoms. The molecule has 0 aliphatic heterocycles. The summed E-state index contributed by atoms with van der Waals surface area (Å²) in [6.45, 7) is 2.63. The van der Waals surface area contributed by atoms with E-state index in [0.29, 0.717) is 19.3 Å². The number of rotatable bonds is 76. The Balaban J connectivity index is 4.60. The zero-order chi connectivity index (χ0) is 73.7. The largest absolute Gasteiger partial charge is 0.472 e. The van der Waals surface area contributed by atoms with E-state index in [0.717, 1.165) is 141 Å². The highest BCUT2D eigenvalue weighted by molar-refractivity contribution is 7.47. The molecule has 16 nitrogen and oxygen atoms in total. The van der Waals surface area contributed by atoms with Gasteiger partial charge in [-0.3, -0.25) is 32.5 Å². The van der Waals surface area contributed by atoms with Gasteiger partial charge in [0.05, 0.1) is 26.4 Å². The van der Waals surface area contributed by atoms with Gasteiger partial charge in [-0.1, -0.05) is 297 Å². The molecule has 0 rings (SSSR count). The molecule has 0 aromatic carbocycles. The van der Waals surface area contributed by atoms with E-state index in [4.69, 9.17) is 32.3 Å². The third-order valence-electron chi connectivity index (χ3n) is 16.9. The maximum Gasteiger partial charge on any atom is 0.472 e. The number of aliphatic hydroxyl groups excluding tert-OH is 2. The Morgan fingerprint density at radius 3 is 0.812 bits per heavy atom. The van der Waals surface area contributed by atoms with Gasteiger partial charge in [0.15, 0.2) is 6.10 Å². The molecule has 0 heterocycles. The minimum Gasteiger partial charge on any atom is -0.463 e. The normalized spacial score (nSPS) is 14.6. The van der Waals surface area contributed by atoms with Gasteiger partial charge < -0.3 is 34.2 Å². The van der Waals surface area contributed by atoms with Gasteiger partial charge in [0, 0.05) is 19.3 Å². The molecule has 0 aliphatic carbocycles. The maximum absolute atomic E-state index is 13.0. The van der Waals surface area contributed by atoms with E-state index in [-0.39, 0.29) is 19.3 Å². The van der Waals surface area contributed by atoms with Crippen molar-refractivity contribution in [2.75, 3.05) is 39.6 Å². The predicted octanol–water partition coefficient (Wildman–Crippen LogP) is 23.5. The molecule has 0 aliphatic rings. The monoisotopic (exact) mass is 1460 g/mol. The van der Waals surface area contributed by atoms with E-state index in [9.17, 15) is 43.5 Å². The van der Waals surface area contributed by atoms with Crippen LogP contribution in [0.5, 0.6) is 0 Å². The van der Waals surface area contributed by atoms with Crippen molar-refractivity contribution in [2.24, 2.45) is 0 Å². The van der Waals surface area contributed by atoms with E-state index < -0.39 is 91.5 Å². The van der Waals surface area contributed by atoms with Crippen LogP contribution in [-0.2, 0) is 55.8 Å². The molecule has 0 aromatic heterocycles. The second-order valence-electron chi connectivity index (χ2n) is 26.9. The van der Waals surface area contributed by atoms with Crippen LogP contribution in [-0.4, -0.2) is 95.9 Å². The smallest absolute Gasteiger partial charge is 0.463 e. The molecule has 5 unspecified atom stereocenters. The third-order valence-corrected chi connectivity index (χ3v) is 18.8. The number of phosphoric acid groups is 2. The van der Waals surface area contributed by atoms with Crippen LogP contribution >= 0.6 is 15.6 Å². The van der Waals surface area contributed by atoms with Crippen molar-refractivity contribution in [1.82, 2.24) is 0 Å². The highest BCUT2D eigenvalue weighted by Crippen LogP contribution is 2.45. The van der Waals surface area contributed by atoms with E-state index in [2.05, 4.69) is 130 Å². The molecule has 18 heteroatoms. The van der Waals surface area contributed by atoms with Gasteiger partial charge in [-0.25, -0.2) is 9.13 Å². The molecule has 0 radical (unpaired) electrons. The lowest BCUT2D eigenvalue weighted by Crippen LogP contribution is -2.30. The molecule has 0 aromatic rings. The first kappa shape index (κ1) is 97.2. The van der Waals surface area contributed by atoms with Crippen molar-refractivity contribution in [3.8, 4) is 0 Å². The van der Waals surface area contributed by atoms with Crippen molar-refractivity contribution in [1.29, 1.82) is 0 Å². The van der Waals surface area contributed by atoms with Crippen LogP contribution in [0.4, 0.5) is 0 Å². The first-order valence-electron chi connectivity index (χ1n) is 40.2. The first-order valence-corrected chi connectivity index (χ1v) is 43.2. The van der Waals surface area contributed by atoms with Crippen LogP contribution in [0.15, 0.2) is 109 Å². The van der Waals surface area contributed by atoms with Crippen LogP contribution in [0.3, 0.4) is 0 Å². The Labute approximate surface area is 615 Å². The number of phosphoric ester groups is 2. The SMILES string of the molecule is CCCCC/C=C\C/C=C\C/C=C\C/C=C\CCCCCCCCCCCC(=O)OCC(O)COP(=O)(O)OCC(O)COP(=O)(O)OCC(COC(=O)CCCCCCCCCCC/C=C\C/C=C\C/C=C\C/C=C\CCCCC)OC(=O)CCCCCCC/C=C\CCCCCCCC. The summed E-state index contributed by atoms with van der Waals surface area (Å²) in [6, 6.07) is 0. The van der Waals surface area contributed by atoms with Gasteiger partial charge in [0.2, 0.25) is 0 Å². The summed E-state index contributed by atoms with van der Waals surface area (Å²) in [6.07, 6.45) is 88.4. The first-order chi connectivity index (χ1) is 49.2. The Morgan fingerprint density at radius 1 is 0.277 bits per heavy atom. The van der Waals surface area contributed by atoms with Crippen molar-refractivity contribution >= 4 is 33.6 Å². The van der Waals surface area contributed by atoms with Gasteiger partial charge in [0.25, 0.3) is 0 Å². The van der Waals surface area contributed by atoms with E-state index in [1.54, 1.807) is 0 Å². The number of carbonyl (C=O) groups is 3.